The lowest BCUT2D eigenvalue weighted by Crippen LogP contribution is -2.46. The maximum absolute atomic E-state index is 5.56. The van der Waals surface area contributed by atoms with Crippen LogP contribution in [-0.4, -0.2) is 45.0 Å². The second kappa shape index (κ2) is 7.12. The molecule has 2 aromatic rings. The first-order chi connectivity index (χ1) is 12.2. The van der Waals surface area contributed by atoms with Crippen molar-refractivity contribution in [1.82, 2.24) is 19.9 Å². The van der Waals surface area contributed by atoms with Crippen LogP contribution in [0.3, 0.4) is 0 Å². The van der Waals surface area contributed by atoms with Gasteiger partial charge in [0.25, 0.3) is 0 Å². The predicted octanol–water partition coefficient (Wildman–Crippen LogP) is 3.22. The molecule has 0 amide bonds. The molecule has 0 radical (unpaired) electrons. The maximum atomic E-state index is 5.56. The van der Waals surface area contributed by atoms with Crippen LogP contribution < -0.4 is 4.90 Å². The van der Waals surface area contributed by atoms with Crippen molar-refractivity contribution in [3.05, 3.63) is 36.4 Å². The zero-order valence-corrected chi connectivity index (χ0v) is 15.1. The number of aromatic nitrogens is 3. The summed E-state index contributed by atoms with van der Waals surface area (Å²) in [7, 11) is 0. The Morgan fingerprint density at radius 3 is 2.56 bits per heavy atom. The van der Waals surface area contributed by atoms with Gasteiger partial charge in [0, 0.05) is 43.8 Å². The molecule has 0 aromatic carbocycles. The fourth-order valence-electron chi connectivity index (χ4n) is 3.90. The van der Waals surface area contributed by atoms with Crippen molar-refractivity contribution >= 4 is 5.82 Å². The van der Waals surface area contributed by atoms with Gasteiger partial charge in [-0.05, 0) is 31.7 Å². The van der Waals surface area contributed by atoms with Gasteiger partial charge < -0.3 is 9.32 Å². The number of nitrogens with zero attached hydrogens (tertiary/aromatic N) is 5. The van der Waals surface area contributed by atoms with E-state index in [0.717, 1.165) is 36.9 Å². The van der Waals surface area contributed by atoms with Gasteiger partial charge in [-0.3, -0.25) is 4.90 Å². The number of hydrogen-bond donors (Lipinski definition) is 0. The minimum Gasteiger partial charge on any atom is -0.448 e. The van der Waals surface area contributed by atoms with Gasteiger partial charge in [0.15, 0.2) is 6.39 Å². The molecule has 2 fully saturated rings. The van der Waals surface area contributed by atoms with Crippen molar-refractivity contribution in [1.29, 1.82) is 0 Å². The quantitative estimate of drug-likeness (QED) is 0.804. The zero-order chi connectivity index (χ0) is 17.2. The summed E-state index contributed by atoms with van der Waals surface area (Å²) in [5.74, 6) is 2.51. The van der Waals surface area contributed by atoms with E-state index in [0.29, 0.717) is 18.0 Å². The number of rotatable bonds is 6. The molecule has 0 spiro atoms. The molecule has 3 heterocycles. The molecule has 1 saturated heterocycles. The van der Waals surface area contributed by atoms with Gasteiger partial charge >= 0.3 is 0 Å². The second-order valence-electron chi connectivity index (χ2n) is 7.53. The van der Waals surface area contributed by atoms with E-state index in [4.69, 9.17) is 4.42 Å². The molecule has 1 aliphatic carbocycles. The minimum atomic E-state index is 0.387. The van der Waals surface area contributed by atoms with Crippen molar-refractivity contribution in [3.8, 4) is 0 Å². The van der Waals surface area contributed by atoms with E-state index in [-0.39, 0.29) is 0 Å². The van der Waals surface area contributed by atoms with Crippen LogP contribution >= 0.6 is 0 Å². The van der Waals surface area contributed by atoms with E-state index in [1.165, 1.54) is 25.7 Å². The van der Waals surface area contributed by atoms with Crippen molar-refractivity contribution < 1.29 is 4.42 Å². The van der Waals surface area contributed by atoms with Crippen LogP contribution in [0.25, 0.3) is 0 Å². The SMILES string of the molecule is CC(C)c1ocnc1CN1CCC(N(c2ccncn2)C2CC2)CC1. The van der Waals surface area contributed by atoms with Gasteiger partial charge in [-0.2, -0.15) is 0 Å². The van der Waals surface area contributed by atoms with Crippen LogP contribution in [0, 0.1) is 0 Å². The highest BCUT2D eigenvalue weighted by Crippen LogP contribution is 2.35. The zero-order valence-electron chi connectivity index (χ0n) is 15.1. The molecular weight excluding hydrogens is 314 g/mol. The largest absolute Gasteiger partial charge is 0.448 e. The Kier molecular flexibility index (Phi) is 4.70. The van der Waals surface area contributed by atoms with Crippen molar-refractivity contribution in [2.24, 2.45) is 0 Å². The average molecular weight is 341 g/mol. The highest BCUT2D eigenvalue weighted by Gasteiger charge is 2.36. The lowest BCUT2D eigenvalue weighted by atomic mass is 10.0. The Morgan fingerprint density at radius 2 is 1.92 bits per heavy atom. The molecule has 2 aliphatic rings. The Balaban J connectivity index is 1.38. The first kappa shape index (κ1) is 16.5. The number of oxazole rings is 1. The van der Waals surface area contributed by atoms with Crippen molar-refractivity contribution in [3.63, 3.8) is 0 Å². The molecule has 1 saturated carbocycles. The van der Waals surface area contributed by atoms with E-state index in [2.05, 4.69) is 44.7 Å². The highest BCUT2D eigenvalue weighted by molar-refractivity contribution is 5.41. The van der Waals surface area contributed by atoms with Crippen LogP contribution in [0.15, 0.2) is 29.4 Å². The van der Waals surface area contributed by atoms with Crippen molar-refractivity contribution in [2.45, 2.75) is 64.1 Å². The first-order valence-corrected chi connectivity index (χ1v) is 9.41. The smallest absolute Gasteiger partial charge is 0.181 e. The van der Waals surface area contributed by atoms with Gasteiger partial charge in [0.2, 0.25) is 0 Å². The number of likely N-dealkylation sites (tertiary alicyclic amines) is 1. The fourth-order valence-corrected chi connectivity index (χ4v) is 3.90. The summed E-state index contributed by atoms with van der Waals surface area (Å²) in [5.41, 5.74) is 1.10. The summed E-state index contributed by atoms with van der Waals surface area (Å²) in [6, 6.07) is 3.31. The number of piperidine rings is 1. The number of hydrogen-bond acceptors (Lipinski definition) is 6. The molecule has 0 N–H and O–H groups in total. The van der Waals surface area contributed by atoms with E-state index in [1.807, 2.05) is 6.20 Å². The standard InChI is InChI=1S/C19H27N5O/c1-14(2)19-17(22-13-25-19)11-23-9-6-16(7-10-23)24(15-3-4-15)18-5-8-20-12-21-18/h5,8,12-16H,3-4,6-7,9-11H2,1-2H3. The number of anilines is 1. The van der Waals surface area contributed by atoms with E-state index >= 15 is 0 Å². The first-order valence-electron chi connectivity index (χ1n) is 9.41. The van der Waals surface area contributed by atoms with Gasteiger partial charge in [0.05, 0.1) is 5.69 Å². The molecule has 1 aliphatic heterocycles. The van der Waals surface area contributed by atoms with Gasteiger partial charge in [0.1, 0.15) is 17.9 Å². The summed E-state index contributed by atoms with van der Waals surface area (Å²) in [5, 5.41) is 0. The third kappa shape index (κ3) is 3.68. The molecular formula is C19H27N5O. The van der Waals surface area contributed by atoms with Crippen molar-refractivity contribution in [2.75, 3.05) is 18.0 Å². The summed E-state index contributed by atoms with van der Waals surface area (Å²) in [6.07, 6.45) is 10.0. The Morgan fingerprint density at radius 1 is 1.16 bits per heavy atom. The van der Waals surface area contributed by atoms with Gasteiger partial charge in [-0.15, -0.1) is 0 Å². The minimum absolute atomic E-state index is 0.387. The molecule has 4 rings (SSSR count). The lowest BCUT2D eigenvalue weighted by Gasteiger charge is -2.39. The topological polar surface area (TPSA) is 58.3 Å². The van der Waals surface area contributed by atoms with E-state index < -0.39 is 0 Å². The second-order valence-corrected chi connectivity index (χ2v) is 7.53. The molecule has 2 aromatic heterocycles. The Hall–Kier alpha value is -1.95. The maximum Gasteiger partial charge on any atom is 0.181 e. The summed E-state index contributed by atoms with van der Waals surface area (Å²) >= 11 is 0. The van der Waals surface area contributed by atoms with E-state index in [1.54, 1.807) is 12.7 Å². The van der Waals surface area contributed by atoms with E-state index in [9.17, 15) is 0 Å². The third-order valence-electron chi connectivity index (χ3n) is 5.29. The van der Waals surface area contributed by atoms with Crippen LogP contribution in [0.4, 0.5) is 5.82 Å². The molecule has 25 heavy (non-hydrogen) atoms. The molecule has 0 unspecified atom stereocenters. The fraction of sp³-hybridized carbons (Fsp3) is 0.632. The monoisotopic (exact) mass is 341 g/mol. The average Bonchev–Trinajstić information content (AvgIpc) is 3.35. The van der Waals surface area contributed by atoms with Gasteiger partial charge in [-0.1, -0.05) is 13.8 Å². The van der Waals surface area contributed by atoms with Crippen LogP contribution in [-0.2, 0) is 6.54 Å². The lowest BCUT2D eigenvalue weighted by molar-refractivity contribution is 0.197. The summed E-state index contributed by atoms with van der Waals surface area (Å²) in [4.78, 5) is 18.1. The third-order valence-corrected chi connectivity index (χ3v) is 5.29. The van der Waals surface area contributed by atoms with Crippen LogP contribution in [0.2, 0.25) is 0 Å². The predicted molar refractivity (Wildman–Crippen MR) is 96.4 cm³/mol. The summed E-state index contributed by atoms with van der Waals surface area (Å²) < 4.78 is 5.56. The van der Waals surface area contributed by atoms with Crippen LogP contribution in [0.1, 0.15) is 56.9 Å². The Bertz CT molecular complexity index is 674. The molecule has 6 heteroatoms. The van der Waals surface area contributed by atoms with Gasteiger partial charge in [-0.25, -0.2) is 15.0 Å². The molecule has 0 bridgehead atoms. The molecule has 6 nitrogen and oxygen atoms in total. The highest BCUT2D eigenvalue weighted by atomic mass is 16.3. The normalized spacial score (nSPS) is 19.5. The summed E-state index contributed by atoms with van der Waals surface area (Å²) in [6.45, 7) is 7.41. The Labute approximate surface area is 149 Å². The van der Waals surface area contributed by atoms with Crippen LogP contribution in [0.5, 0.6) is 0 Å². The molecule has 0 atom stereocenters. The molecule has 134 valence electrons.